The van der Waals surface area contributed by atoms with E-state index in [9.17, 15) is 8.42 Å². The zero-order chi connectivity index (χ0) is 9.47. The Morgan fingerprint density at radius 2 is 1.85 bits per heavy atom. The molecule has 0 aromatic carbocycles. The van der Waals surface area contributed by atoms with E-state index in [0.29, 0.717) is 13.1 Å². The average Bonchev–Trinajstić information content (AvgIpc) is 2.45. The van der Waals surface area contributed by atoms with Gasteiger partial charge in [-0.25, -0.2) is 8.42 Å². The van der Waals surface area contributed by atoms with Crippen LogP contribution in [0.5, 0.6) is 0 Å². The highest BCUT2D eigenvalue weighted by Crippen LogP contribution is 2.27. The van der Waals surface area contributed by atoms with Crippen molar-refractivity contribution in [2.45, 2.75) is 25.0 Å². The zero-order valence-electron chi connectivity index (χ0n) is 7.15. The Bertz CT molecular complexity index is 280. The van der Waals surface area contributed by atoms with Crippen LogP contribution in [-0.4, -0.2) is 42.7 Å². The monoisotopic (exact) mass is 269 g/mol. The summed E-state index contributed by atoms with van der Waals surface area (Å²) in [4.78, 5) is 0. The highest BCUT2D eigenvalue weighted by atomic mass is 79.9. The molecule has 0 aliphatic carbocycles. The molecular formula is C7H12BrNO3S. The van der Waals surface area contributed by atoms with Gasteiger partial charge in [0.25, 0.3) is 0 Å². The summed E-state index contributed by atoms with van der Waals surface area (Å²) in [6.07, 6.45) is 2.26. The molecule has 2 rings (SSSR count). The lowest BCUT2D eigenvalue weighted by molar-refractivity contribution is -0.0113. The standard InChI is InChI=1S/C7H12BrNO3S/c8-5-13(10,11)9-3-6-1-2-7(4-9)12-6/h6-7H,1-5H2. The van der Waals surface area contributed by atoms with Crippen LogP contribution < -0.4 is 0 Å². The van der Waals surface area contributed by atoms with Gasteiger partial charge in [-0.15, -0.1) is 0 Å². The Morgan fingerprint density at radius 1 is 1.31 bits per heavy atom. The second kappa shape index (κ2) is 3.49. The van der Waals surface area contributed by atoms with Crippen LogP contribution >= 0.6 is 15.9 Å². The quantitative estimate of drug-likeness (QED) is 0.688. The van der Waals surface area contributed by atoms with Gasteiger partial charge in [0.15, 0.2) is 0 Å². The predicted molar refractivity (Wildman–Crippen MR) is 52.2 cm³/mol. The summed E-state index contributed by atoms with van der Waals surface area (Å²) in [5.41, 5.74) is 0. The summed E-state index contributed by atoms with van der Waals surface area (Å²) in [6.45, 7) is 1.06. The van der Waals surface area contributed by atoms with Crippen LogP contribution in [-0.2, 0) is 14.8 Å². The molecule has 0 aromatic rings. The molecule has 0 aromatic heterocycles. The van der Waals surface area contributed by atoms with Gasteiger partial charge in [-0.05, 0) is 12.8 Å². The third-order valence-corrected chi connectivity index (χ3v) is 5.64. The molecule has 2 aliphatic heterocycles. The lowest BCUT2D eigenvalue weighted by atomic mass is 10.2. The fourth-order valence-corrected chi connectivity index (χ4v) is 3.67. The Balaban J connectivity index is 2.11. The number of halogens is 1. The van der Waals surface area contributed by atoms with Crippen molar-refractivity contribution in [2.75, 3.05) is 17.8 Å². The van der Waals surface area contributed by atoms with Crippen molar-refractivity contribution in [1.82, 2.24) is 4.31 Å². The molecule has 2 bridgehead atoms. The first kappa shape index (κ1) is 9.89. The minimum absolute atomic E-state index is 0.0133. The molecule has 0 saturated carbocycles. The van der Waals surface area contributed by atoms with E-state index in [1.807, 2.05) is 0 Å². The van der Waals surface area contributed by atoms with E-state index in [1.165, 1.54) is 4.31 Å². The van der Waals surface area contributed by atoms with Crippen LogP contribution in [0.25, 0.3) is 0 Å². The van der Waals surface area contributed by atoms with Crippen molar-refractivity contribution in [2.24, 2.45) is 0 Å². The first-order chi connectivity index (χ1) is 6.12. The summed E-state index contributed by atoms with van der Waals surface area (Å²) in [5.74, 6) is 0. The van der Waals surface area contributed by atoms with E-state index >= 15 is 0 Å². The van der Waals surface area contributed by atoms with Crippen molar-refractivity contribution in [3.05, 3.63) is 0 Å². The molecule has 6 heteroatoms. The van der Waals surface area contributed by atoms with Gasteiger partial charge in [0.2, 0.25) is 10.0 Å². The third-order valence-electron chi connectivity index (χ3n) is 2.54. The van der Waals surface area contributed by atoms with Crippen LogP contribution in [0.3, 0.4) is 0 Å². The maximum atomic E-state index is 11.5. The van der Waals surface area contributed by atoms with E-state index in [4.69, 9.17) is 4.74 Å². The molecule has 0 N–H and O–H groups in total. The number of morpholine rings is 1. The molecule has 76 valence electrons. The number of rotatable bonds is 2. The van der Waals surface area contributed by atoms with Crippen molar-refractivity contribution >= 4 is 26.0 Å². The molecule has 13 heavy (non-hydrogen) atoms. The minimum atomic E-state index is -3.08. The van der Waals surface area contributed by atoms with Crippen LogP contribution in [0.4, 0.5) is 0 Å². The van der Waals surface area contributed by atoms with Crippen LogP contribution in [0.15, 0.2) is 0 Å². The lowest BCUT2D eigenvalue weighted by Gasteiger charge is -2.30. The van der Waals surface area contributed by atoms with Gasteiger partial charge in [-0.1, -0.05) is 15.9 Å². The normalized spacial score (nSPS) is 35.2. The summed E-state index contributed by atoms with van der Waals surface area (Å²) >= 11 is 3.00. The van der Waals surface area contributed by atoms with E-state index < -0.39 is 10.0 Å². The van der Waals surface area contributed by atoms with Gasteiger partial charge in [0.05, 0.1) is 12.2 Å². The highest BCUT2D eigenvalue weighted by Gasteiger charge is 2.38. The fourth-order valence-electron chi connectivity index (χ4n) is 1.87. The zero-order valence-corrected chi connectivity index (χ0v) is 9.55. The fraction of sp³-hybridized carbons (Fsp3) is 1.00. The first-order valence-electron chi connectivity index (χ1n) is 4.31. The molecule has 2 heterocycles. The summed E-state index contributed by atoms with van der Waals surface area (Å²) in [5, 5.41) is 0. The number of nitrogens with zero attached hydrogens (tertiary/aromatic N) is 1. The van der Waals surface area contributed by atoms with Crippen molar-refractivity contribution in [3.8, 4) is 0 Å². The Hall–Kier alpha value is 0.350. The number of fused-ring (bicyclic) bond motifs is 2. The second-order valence-electron chi connectivity index (χ2n) is 3.50. The number of hydrogen-bond acceptors (Lipinski definition) is 3. The molecule has 4 nitrogen and oxygen atoms in total. The summed E-state index contributed by atoms with van der Waals surface area (Å²) in [6, 6.07) is 0. The Morgan fingerprint density at radius 3 is 2.31 bits per heavy atom. The van der Waals surface area contributed by atoms with Crippen LogP contribution in [0, 0.1) is 0 Å². The largest absolute Gasteiger partial charge is 0.372 e. The topological polar surface area (TPSA) is 46.6 Å². The van der Waals surface area contributed by atoms with Crippen LogP contribution in [0.2, 0.25) is 0 Å². The van der Waals surface area contributed by atoms with Gasteiger partial charge in [-0.2, -0.15) is 4.31 Å². The lowest BCUT2D eigenvalue weighted by Crippen LogP contribution is -2.45. The molecular weight excluding hydrogens is 258 g/mol. The maximum Gasteiger partial charge on any atom is 0.224 e. The molecule has 2 unspecified atom stereocenters. The van der Waals surface area contributed by atoms with Gasteiger partial charge >= 0.3 is 0 Å². The van der Waals surface area contributed by atoms with Crippen LogP contribution in [0.1, 0.15) is 12.8 Å². The molecule has 2 aliphatic rings. The maximum absolute atomic E-state index is 11.5. The van der Waals surface area contributed by atoms with Crippen molar-refractivity contribution in [3.63, 3.8) is 0 Å². The second-order valence-corrected chi connectivity index (χ2v) is 6.77. The van der Waals surface area contributed by atoms with E-state index in [-0.39, 0.29) is 16.9 Å². The average molecular weight is 270 g/mol. The van der Waals surface area contributed by atoms with Gasteiger partial charge in [0, 0.05) is 13.1 Å². The van der Waals surface area contributed by atoms with E-state index in [1.54, 1.807) is 0 Å². The number of ether oxygens (including phenoxy) is 1. The number of sulfonamides is 1. The molecule has 2 fully saturated rings. The Labute approximate surface area is 86.4 Å². The van der Waals surface area contributed by atoms with Gasteiger partial charge in [-0.3, -0.25) is 0 Å². The smallest absolute Gasteiger partial charge is 0.224 e. The van der Waals surface area contributed by atoms with E-state index in [2.05, 4.69) is 15.9 Å². The SMILES string of the molecule is O=S(=O)(CBr)N1CC2CCC(C1)O2. The first-order valence-corrected chi connectivity index (χ1v) is 7.04. The molecule has 2 atom stereocenters. The van der Waals surface area contributed by atoms with Gasteiger partial charge in [0.1, 0.15) is 4.66 Å². The van der Waals surface area contributed by atoms with Crippen molar-refractivity contribution < 1.29 is 13.2 Å². The molecule has 2 saturated heterocycles. The summed E-state index contributed by atoms with van der Waals surface area (Å²) in [7, 11) is -3.08. The number of alkyl halides is 1. The van der Waals surface area contributed by atoms with Crippen molar-refractivity contribution in [1.29, 1.82) is 0 Å². The Kier molecular flexibility index (Phi) is 2.65. The molecule has 0 amide bonds. The molecule has 0 spiro atoms. The minimum Gasteiger partial charge on any atom is -0.372 e. The van der Waals surface area contributed by atoms with Gasteiger partial charge < -0.3 is 4.74 Å². The highest BCUT2D eigenvalue weighted by molar-refractivity contribution is 9.10. The van der Waals surface area contributed by atoms with E-state index in [0.717, 1.165) is 12.8 Å². The summed E-state index contributed by atoms with van der Waals surface area (Å²) < 4.78 is 30.1. The third kappa shape index (κ3) is 1.91. The number of hydrogen-bond donors (Lipinski definition) is 0. The predicted octanol–water partition coefficient (Wildman–Crippen LogP) is 0.532. The molecule has 0 radical (unpaired) electrons.